The Morgan fingerprint density at radius 2 is 1.85 bits per heavy atom. The molecule has 3 rings (SSSR count). The lowest BCUT2D eigenvalue weighted by molar-refractivity contribution is 0.102. The van der Waals surface area contributed by atoms with E-state index in [4.69, 9.17) is 0 Å². The number of aromatic nitrogens is 1. The second kappa shape index (κ2) is 7.90. The third-order valence-corrected chi connectivity index (χ3v) is 5.27. The molecule has 0 saturated carbocycles. The number of carbonyl (C=O) groups is 1. The average Bonchev–Trinajstić information content (AvgIpc) is 3.10. The van der Waals surface area contributed by atoms with Crippen LogP contribution < -0.4 is 10.7 Å². The van der Waals surface area contributed by atoms with Gasteiger partial charge in [0.05, 0.1) is 0 Å². The van der Waals surface area contributed by atoms with Gasteiger partial charge in [0.25, 0.3) is 5.91 Å². The molecule has 1 amide bonds. The summed E-state index contributed by atoms with van der Waals surface area (Å²) in [5, 5.41) is 3.08. The van der Waals surface area contributed by atoms with Crippen LogP contribution in [0.15, 0.2) is 29.1 Å². The zero-order valence-corrected chi connectivity index (χ0v) is 16.0. The third kappa shape index (κ3) is 3.33. The largest absolute Gasteiger partial charge is 0.348 e. The first-order valence-electron chi connectivity index (χ1n) is 9.78. The number of carbonyl (C=O) groups excluding carboxylic acids is 1. The number of para-hydroxylation sites is 1. The first kappa shape index (κ1) is 18.4. The molecule has 0 fully saturated rings. The lowest BCUT2D eigenvalue weighted by Crippen LogP contribution is -2.28. The highest BCUT2D eigenvalue weighted by Crippen LogP contribution is 2.25. The highest BCUT2D eigenvalue weighted by molar-refractivity contribution is 6.05. The average molecular weight is 352 g/mol. The number of fused-ring (bicyclic) bond motifs is 1. The van der Waals surface area contributed by atoms with Crippen LogP contribution in [0.1, 0.15) is 66.5 Å². The van der Waals surface area contributed by atoms with Crippen LogP contribution in [0.5, 0.6) is 0 Å². The zero-order valence-electron chi connectivity index (χ0n) is 16.0. The van der Waals surface area contributed by atoms with E-state index in [1.807, 2.05) is 18.2 Å². The minimum Gasteiger partial charge on any atom is -0.348 e. The van der Waals surface area contributed by atoms with Gasteiger partial charge in [0.2, 0.25) is 0 Å². The summed E-state index contributed by atoms with van der Waals surface area (Å²) < 4.78 is 2.19. The molecule has 4 nitrogen and oxygen atoms in total. The van der Waals surface area contributed by atoms with Gasteiger partial charge in [-0.1, -0.05) is 45.4 Å². The summed E-state index contributed by atoms with van der Waals surface area (Å²) in [6.07, 6.45) is 5.31. The van der Waals surface area contributed by atoms with Crippen molar-refractivity contribution in [1.82, 2.24) is 4.57 Å². The third-order valence-electron chi connectivity index (χ3n) is 5.27. The van der Waals surface area contributed by atoms with E-state index in [-0.39, 0.29) is 11.3 Å². The van der Waals surface area contributed by atoms with Crippen molar-refractivity contribution in [2.45, 2.75) is 65.8 Å². The Labute approximate surface area is 155 Å². The Kier molecular flexibility index (Phi) is 5.60. The molecule has 26 heavy (non-hydrogen) atoms. The molecule has 1 N–H and O–H groups in total. The number of rotatable bonds is 6. The number of amides is 1. The number of hydrogen-bond donors (Lipinski definition) is 1. The number of nitrogens with one attached hydrogen (secondary N) is 1. The van der Waals surface area contributed by atoms with Gasteiger partial charge in [-0.3, -0.25) is 9.59 Å². The fourth-order valence-corrected chi connectivity index (χ4v) is 3.97. The van der Waals surface area contributed by atoms with E-state index in [0.29, 0.717) is 5.56 Å². The molecule has 0 unspecified atom stereocenters. The van der Waals surface area contributed by atoms with Crippen molar-refractivity contribution < 1.29 is 4.79 Å². The summed E-state index contributed by atoms with van der Waals surface area (Å²) in [6, 6.07) is 7.77. The molecule has 0 atom stereocenters. The van der Waals surface area contributed by atoms with Crippen LogP contribution in [-0.4, -0.2) is 10.5 Å². The topological polar surface area (TPSA) is 51.1 Å². The maximum Gasteiger partial charge on any atom is 0.261 e. The molecular formula is C22H28N2O2. The minimum atomic E-state index is -0.267. The van der Waals surface area contributed by atoms with Crippen LogP contribution in [0.2, 0.25) is 0 Å². The van der Waals surface area contributed by atoms with Gasteiger partial charge in [0.1, 0.15) is 5.56 Å². The van der Waals surface area contributed by atoms with Gasteiger partial charge in [-0.15, -0.1) is 0 Å². The summed E-state index contributed by atoms with van der Waals surface area (Å²) in [5.41, 5.74) is 5.23. The number of aryl methyl sites for hydroxylation is 3. The summed E-state index contributed by atoms with van der Waals surface area (Å²) in [7, 11) is 0. The Hall–Kier alpha value is -2.36. The summed E-state index contributed by atoms with van der Waals surface area (Å²) in [6.45, 7) is 7.15. The second-order valence-corrected chi connectivity index (χ2v) is 6.94. The number of anilines is 1. The molecule has 2 aromatic rings. The first-order valence-corrected chi connectivity index (χ1v) is 9.78. The van der Waals surface area contributed by atoms with E-state index in [9.17, 15) is 9.59 Å². The van der Waals surface area contributed by atoms with E-state index < -0.39 is 0 Å². The predicted molar refractivity (Wildman–Crippen MR) is 106 cm³/mol. The van der Waals surface area contributed by atoms with Crippen LogP contribution in [0.25, 0.3) is 0 Å². The molecule has 138 valence electrons. The van der Waals surface area contributed by atoms with E-state index in [1.165, 1.54) is 0 Å². The molecule has 0 bridgehead atoms. The Balaban J connectivity index is 2.06. The van der Waals surface area contributed by atoms with E-state index in [1.54, 1.807) is 6.07 Å². The molecule has 4 heteroatoms. The van der Waals surface area contributed by atoms with E-state index in [0.717, 1.165) is 73.3 Å². The van der Waals surface area contributed by atoms with Gasteiger partial charge in [-0.25, -0.2) is 0 Å². The molecule has 1 aliphatic heterocycles. The molecule has 1 aromatic heterocycles. The van der Waals surface area contributed by atoms with Crippen molar-refractivity contribution in [3.05, 3.63) is 62.6 Å². The Morgan fingerprint density at radius 3 is 2.46 bits per heavy atom. The van der Waals surface area contributed by atoms with Crippen molar-refractivity contribution >= 4 is 11.6 Å². The normalized spacial score (nSPS) is 12.9. The van der Waals surface area contributed by atoms with Gasteiger partial charge >= 0.3 is 0 Å². The van der Waals surface area contributed by atoms with Crippen LogP contribution in [-0.2, 0) is 32.2 Å². The zero-order chi connectivity index (χ0) is 18.7. The van der Waals surface area contributed by atoms with Gasteiger partial charge in [-0.05, 0) is 43.2 Å². The maximum absolute atomic E-state index is 13.1. The molecule has 0 aliphatic carbocycles. The summed E-state index contributed by atoms with van der Waals surface area (Å²) >= 11 is 0. The van der Waals surface area contributed by atoms with Crippen molar-refractivity contribution in [2.75, 3.05) is 5.32 Å². The van der Waals surface area contributed by atoms with Crippen LogP contribution in [0.3, 0.4) is 0 Å². The minimum absolute atomic E-state index is 0.147. The van der Waals surface area contributed by atoms with Gasteiger partial charge in [0.15, 0.2) is 5.43 Å². The van der Waals surface area contributed by atoms with Crippen molar-refractivity contribution in [3.8, 4) is 0 Å². The maximum atomic E-state index is 13.1. The second-order valence-electron chi connectivity index (χ2n) is 6.94. The van der Waals surface area contributed by atoms with Crippen LogP contribution in [0.4, 0.5) is 5.69 Å². The predicted octanol–water partition coefficient (Wildman–Crippen LogP) is 4.12. The lowest BCUT2D eigenvalue weighted by Gasteiger charge is -2.18. The Bertz CT molecular complexity index is 858. The monoisotopic (exact) mass is 352 g/mol. The first-order chi connectivity index (χ1) is 12.6. The van der Waals surface area contributed by atoms with Gasteiger partial charge < -0.3 is 9.88 Å². The fraction of sp³-hybridized carbons (Fsp3) is 0.455. The molecule has 2 heterocycles. The lowest BCUT2D eigenvalue weighted by atomic mass is 10.0. The quantitative estimate of drug-likeness (QED) is 0.850. The SMILES string of the molecule is CCCc1c(C(=O)Nc2c(CC)cccc2CC)c(=O)cc2n1CCC2. The highest BCUT2D eigenvalue weighted by atomic mass is 16.2. The number of pyridine rings is 1. The molecular weight excluding hydrogens is 324 g/mol. The Morgan fingerprint density at radius 1 is 1.15 bits per heavy atom. The summed E-state index contributed by atoms with van der Waals surface area (Å²) in [4.78, 5) is 25.9. The van der Waals surface area contributed by atoms with Crippen LogP contribution in [0, 0.1) is 0 Å². The van der Waals surface area contributed by atoms with Crippen molar-refractivity contribution in [2.24, 2.45) is 0 Å². The number of nitrogens with zero attached hydrogens (tertiary/aromatic N) is 1. The molecule has 1 aromatic carbocycles. The van der Waals surface area contributed by atoms with Crippen molar-refractivity contribution in [1.29, 1.82) is 0 Å². The van der Waals surface area contributed by atoms with E-state index >= 15 is 0 Å². The molecule has 1 aliphatic rings. The van der Waals surface area contributed by atoms with Gasteiger partial charge in [-0.2, -0.15) is 0 Å². The van der Waals surface area contributed by atoms with Gasteiger partial charge in [0, 0.05) is 29.7 Å². The molecule has 0 saturated heterocycles. The molecule has 0 spiro atoms. The number of hydrogen-bond acceptors (Lipinski definition) is 2. The van der Waals surface area contributed by atoms with Crippen LogP contribution >= 0.6 is 0 Å². The van der Waals surface area contributed by atoms with E-state index in [2.05, 4.69) is 30.7 Å². The fourth-order valence-electron chi connectivity index (χ4n) is 3.97. The summed E-state index contributed by atoms with van der Waals surface area (Å²) in [5.74, 6) is -0.267. The standard InChI is InChI=1S/C22H28N2O2/c1-4-9-18-20(19(25)14-17-12-8-13-24(17)18)22(26)23-21-15(5-2)10-7-11-16(21)6-3/h7,10-11,14H,4-6,8-9,12-13H2,1-3H3,(H,23,26). The highest BCUT2D eigenvalue weighted by Gasteiger charge is 2.24. The smallest absolute Gasteiger partial charge is 0.261 e. The number of benzene rings is 1. The van der Waals surface area contributed by atoms with Crippen molar-refractivity contribution in [3.63, 3.8) is 0 Å². The molecule has 0 radical (unpaired) electrons.